The van der Waals surface area contributed by atoms with Crippen LogP contribution in [-0.4, -0.2) is 0 Å². The molecule has 130 valence electrons. The molecule has 2 aromatic carbocycles. The molecule has 0 spiro atoms. The molecule has 0 atom stereocenters. The van der Waals surface area contributed by atoms with Gasteiger partial charge in [0, 0.05) is 9.75 Å². The van der Waals surface area contributed by atoms with E-state index < -0.39 is 23.5 Å². The van der Waals surface area contributed by atoms with Crippen LogP contribution < -0.4 is 0 Å². The molecule has 3 rings (SSSR count). The van der Waals surface area contributed by atoms with Gasteiger partial charge in [0.05, 0.1) is 11.1 Å². The van der Waals surface area contributed by atoms with E-state index in [4.69, 9.17) is 0 Å². The summed E-state index contributed by atoms with van der Waals surface area (Å²) in [5, 5.41) is 0. The topological polar surface area (TPSA) is 0 Å². The van der Waals surface area contributed by atoms with E-state index in [0.29, 0.717) is 11.1 Å². The zero-order valence-corrected chi connectivity index (χ0v) is 13.3. The lowest BCUT2D eigenvalue weighted by Crippen LogP contribution is -2.03. The van der Waals surface area contributed by atoms with Crippen molar-refractivity contribution >= 4 is 11.3 Å². The van der Waals surface area contributed by atoms with Gasteiger partial charge in [-0.2, -0.15) is 26.3 Å². The Morgan fingerprint density at radius 3 is 1.08 bits per heavy atom. The van der Waals surface area contributed by atoms with Crippen molar-refractivity contribution in [1.29, 1.82) is 0 Å². The van der Waals surface area contributed by atoms with E-state index in [1.54, 1.807) is 12.1 Å². The van der Waals surface area contributed by atoms with Crippen LogP contribution in [0.2, 0.25) is 0 Å². The van der Waals surface area contributed by atoms with Gasteiger partial charge in [0.15, 0.2) is 0 Å². The summed E-state index contributed by atoms with van der Waals surface area (Å²) in [5.41, 5.74) is -0.209. The average molecular weight is 372 g/mol. The average Bonchev–Trinajstić information content (AvgIpc) is 3.03. The van der Waals surface area contributed by atoms with Gasteiger partial charge in [-0.25, -0.2) is 0 Å². The van der Waals surface area contributed by atoms with Crippen molar-refractivity contribution in [3.05, 3.63) is 71.8 Å². The van der Waals surface area contributed by atoms with Gasteiger partial charge >= 0.3 is 12.4 Å². The lowest BCUT2D eigenvalue weighted by Gasteiger charge is -2.07. The number of hydrogen-bond acceptors (Lipinski definition) is 1. The fraction of sp³-hybridized carbons (Fsp3) is 0.111. The third-order valence-corrected chi connectivity index (χ3v) is 4.78. The van der Waals surface area contributed by atoms with Crippen LogP contribution in [0.25, 0.3) is 20.9 Å². The molecule has 7 heteroatoms. The Bertz CT molecular complexity index is 782. The maximum absolute atomic E-state index is 12.6. The summed E-state index contributed by atoms with van der Waals surface area (Å²) in [7, 11) is 0. The van der Waals surface area contributed by atoms with Gasteiger partial charge in [0.25, 0.3) is 0 Å². The quantitative estimate of drug-likeness (QED) is 0.420. The van der Waals surface area contributed by atoms with Gasteiger partial charge in [-0.3, -0.25) is 0 Å². The van der Waals surface area contributed by atoms with Crippen molar-refractivity contribution in [3.63, 3.8) is 0 Å². The molecule has 0 saturated heterocycles. The van der Waals surface area contributed by atoms with Gasteiger partial charge < -0.3 is 0 Å². The molecule has 0 fully saturated rings. The summed E-state index contributed by atoms with van der Waals surface area (Å²) in [5.74, 6) is 0. The van der Waals surface area contributed by atoms with Crippen molar-refractivity contribution in [3.8, 4) is 20.9 Å². The maximum atomic E-state index is 12.6. The minimum absolute atomic E-state index is 0.621. The molecule has 1 aromatic heterocycles. The largest absolute Gasteiger partial charge is 0.416 e. The van der Waals surface area contributed by atoms with E-state index in [9.17, 15) is 26.3 Å². The minimum atomic E-state index is -4.39. The highest BCUT2D eigenvalue weighted by atomic mass is 32.1. The maximum Gasteiger partial charge on any atom is 0.416 e. The summed E-state index contributed by atoms with van der Waals surface area (Å²) in [6.07, 6.45) is -8.78. The molecule has 0 aliphatic heterocycles. The van der Waals surface area contributed by atoms with Crippen LogP contribution in [0.15, 0.2) is 60.7 Å². The first kappa shape index (κ1) is 17.5. The van der Waals surface area contributed by atoms with Crippen molar-refractivity contribution < 1.29 is 26.3 Å². The first-order valence-corrected chi connectivity index (χ1v) is 7.91. The summed E-state index contributed by atoms with van der Waals surface area (Å²) < 4.78 is 75.5. The van der Waals surface area contributed by atoms with E-state index in [1.807, 2.05) is 0 Å². The van der Waals surface area contributed by atoms with Gasteiger partial charge in [-0.1, -0.05) is 24.3 Å². The van der Waals surface area contributed by atoms with Crippen LogP contribution >= 0.6 is 11.3 Å². The summed E-state index contributed by atoms with van der Waals surface area (Å²) in [4.78, 5) is 1.48. The molecule has 1 heterocycles. The SMILES string of the molecule is FC(F)(F)c1ccc(-c2ccc(-c3ccc(C(F)(F)F)cc3)s2)cc1. The Morgan fingerprint density at radius 1 is 0.480 bits per heavy atom. The molecule has 0 aliphatic carbocycles. The summed E-state index contributed by atoms with van der Waals surface area (Å²) >= 11 is 1.30. The van der Waals surface area contributed by atoms with E-state index >= 15 is 0 Å². The molecule has 3 aromatic rings. The predicted octanol–water partition coefficient (Wildman–Crippen LogP) is 7.12. The zero-order chi connectivity index (χ0) is 18.2. The van der Waals surface area contributed by atoms with Gasteiger partial charge in [0.2, 0.25) is 0 Å². The van der Waals surface area contributed by atoms with Crippen LogP contribution in [0.1, 0.15) is 11.1 Å². The molecular weight excluding hydrogens is 362 g/mol. The Labute approximate surface area is 143 Å². The molecule has 0 amide bonds. The van der Waals surface area contributed by atoms with Crippen LogP contribution in [0, 0.1) is 0 Å². The number of alkyl halides is 6. The van der Waals surface area contributed by atoms with Crippen molar-refractivity contribution in [2.75, 3.05) is 0 Å². The highest BCUT2D eigenvalue weighted by Gasteiger charge is 2.30. The van der Waals surface area contributed by atoms with E-state index in [2.05, 4.69) is 0 Å². The monoisotopic (exact) mass is 372 g/mol. The normalized spacial score (nSPS) is 12.4. The molecular formula is C18H10F6S. The van der Waals surface area contributed by atoms with Crippen molar-refractivity contribution in [1.82, 2.24) is 0 Å². The molecule has 0 bridgehead atoms. The first-order chi connectivity index (χ1) is 11.6. The second-order valence-corrected chi connectivity index (χ2v) is 6.40. The minimum Gasteiger partial charge on any atom is -0.166 e. The van der Waals surface area contributed by atoms with Crippen molar-refractivity contribution in [2.45, 2.75) is 12.4 Å². The molecule has 0 radical (unpaired) electrons. The molecule has 0 nitrogen and oxygen atoms in total. The second kappa shape index (κ2) is 6.22. The highest BCUT2D eigenvalue weighted by molar-refractivity contribution is 7.18. The van der Waals surface area contributed by atoms with Gasteiger partial charge in [0.1, 0.15) is 0 Å². The second-order valence-electron chi connectivity index (χ2n) is 5.31. The van der Waals surface area contributed by atoms with E-state index in [-0.39, 0.29) is 0 Å². The first-order valence-electron chi connectivity index (χ1n) is 7.10. The lowest BCUT2D eigenvalue weighted by atomic mass is 10.1. The van der Waals surface area contributed by atoms with Crippen LogP contribution in [-0.2, 0) is 12.4 Å². The van der Waals surface area contributed by atoms with Crippen LogP contribution in [0.5, 0.6) is 0 Å². The molecule has 0 aliphatic rings. The number of thiophene rings is 1. The third kappa shape index (κ3) is 3.87. The number of benzene rings is 2. The molecule has 25 heavy (non-hydrogen) atoms. The Kier molecular flexibility index (Phi) is 4.36. The molecule has 0 N–H and O–H groups in total. The van der Waals surface area contributed by atoms with Crippen LogP contribution in [0.3, 0.4) is 0 Å². The third-order valence-electron chi connectivity index (χ3n) is 3.60. The number of hydrogen-bond donors (Lipinski definition) is 0. The molecule has 0 unspecified atom stereocenters. The Balaban J connectivity index is 1.85. The highest BCUT2D eigenvalue weighted by Crippen LogP contribution is 2.37. The van der Waals surface area contributed by atoms with E-state index in [0.717, 1.165) is 34.0 Å². The molecule has 0 saturated carbocycles. The van der Waals surface area contributed by atoms with Crippen LogP contribution in [0.4, 0.5) is 26.3 Å². The van der Waals surface area contributed by atoms with Crippen molar-refractivity contribution in [2.24, 2.45) is 0 Å². The number of rotatable bonds is 2. The summed E-state index contributed by atoms with van der Waals surface area (Å²) in [6, 6.07) is 13.0. The Morgan fingerprint density at radius 2 is 0.800 bits per heavy atom. The fourth-order valence-corrected chi connectivity index (χ4v) is 3.31. The van der Waals surface area contributed by atoms with E-state index in [1.165, 1.54) is 35.6 Å². The predicted molar refractivity (Wildman–Crippen MR) is 85.2 cm³/mol. The Hall–Kier alpha value is -2.28. The lowest BCUT2D eigenvalue weighted by molar-refractivity contribution is -0.138. The summed E-state index contributed by atoms with van der Waals surface area (Å²) in [6.45, 7) is 0. The van der Waals surface area contributed by atoms with Gasteiger partial charge in [-0.05, 0) is 47.5 Å². The van der Waals surface area contributed by atoms with Gasteiger partial charge in [-0.15, -0.1) is 11.3 Å². The zero-order valence-electron chi connectivity index (χ0n) is 12.4. The fourth-order valence-electron chi connectivity index (χ4n) is 2.30. The number of halogens is 6. The standard InChI is InChI=1S/C18H10F6S/c19-17(20,21)13-5-1-11(2-6-13)15-9-10-16(25-15)12-3-7-14(8-4-12)18(22,23)24/h1-10H. The smallest absolute Gasteiger partial charge is 0.166 e.